The molecule has 5 heteroatoms. The van der Waals surface area contributed by atoms with E-state index in [1.165, 1.54) is 0 Å². The van der Waals surface area contributed by atoms with E-state index in [4.69, 9.17) is 9.47 Å². The van der Waals surface area contributed by atoms with Crippen molar-refractivity contribution in [2.24, 2.45) is 0 Å². The molecule has 0 saturated carbocycles. The van der Waals surface area contributed by atoms with Crippen LogP contribution >= 0.6 is 0 Å². The summed E-state index contributed by atoms with van der Waals surface area (Å²) in [6.07, 6.45) is 0.368. The molecule has 0 radical (unpaired) electrons. The first-order chi connectivity index (χ1) is 11.2. The summed E-state index contributed by atoms with van der Waals surface area (Å²) in [6.45, 7) is 3.09. The topological polar surface area (TPSA) is 59.6 Å². The minimum absolute atomic E-state index is 0.0449. The fourth-order valence-electron chi connectivity index (χ4n) is 2.10. The molecule has 0 fully saturated rings. The largest absolute Gasteiger partial charge is 0.497 e. The molecule has 1 amide bonds. The maximum atomic E-state index is 12.0. The highest BCUT2D eigenvalue weighted by atomic mass is 16.5. The summed E-state index contributed by atoms with van der Waals surface area (Å²) in [7, 11) is 1.61. The van der Waals surface area contributed by atoms with Crippen LogP contribution in [-0.4, -0.2) is 26.2 Å². The number of nitrogens with one attached hydrogen (secondary N) is 2. The Kier molecular flexibility index (Phi) is 6.29. The Morgan fingerprint density at radius 1 is 1.09 bits per heavy atom. The zero-order valence-corrected chi connectivity index (χ0v) is 13.5. The van der Waals surface area contributed by atoms with Gasteiger partial charge in [-0.3, -0.25) is 4.79 Å². The molecule has 2 rings (SSSR count). The Bertz CT molecular complexity index is 626. The number of rotatable bonds is 8. The molecule has 0 spiro atoms. The number of anilines is 2. The first kappa shape index (κ1) is 16.7. The molecular weight excluding hydrogens is 292 g/mol. The summed E-state index contributed by atoms with van der Waals surface area (Å²) in [5.41, 5.74) is 1.65. The lowest BCUT2D eigenvalue weighted by Gasteiger charge is -2.12. The highest BCUT2D eigenvalue weighted by molar-refractivity contribution is 5.91. The van der Waals surface area contributed by atoms with E-state index in [9.17, 15) is 4.79 Å². The van der Waals surface area contributed by atoms with Crippen LogP contribution in [0.2, 0.25) is 0 Å². The van der Waals surface area contributed by atoms with Gasteiger partial charge in [-0.25, -0.2) is 0 Å². The number of carbonyl (C=O) groups is 1. The van der Waals surface area contributed by atoms with Gasteiger partial charge in [0, 0.05) is 18.7 Å². The molecule has 0 aromatic heterocycles. The second kappa shape index (κ2) is 8.68. The fourth-order valence-corrected chi connectivity index (χ4v) is 2.10. The number of para-hydroxylation sites is 2. The lowest BCUT2D eigenvalue weighted by molar-refractivity contribution is -0.115. The van der Waals surface area contributed by atoms with Gasteiger partial charge in [0.2, 0.25) is 5.91 Å². The van der Waals surface area contributed by atoms with Crippen LogP contribution in [0.1, 0.15) is 13.3 Å². The molecule has 2 aromatic carbocycles. The van der Waals surface area contributed by atoms with Crippen LogP contribution in [0.15, 0.2) is 48.5 Å². The Morgan fingerprint density at radius 2 is 1.83 bits per heavy atom. The normalized spacial score (nSPS) is 10.0. The first-order valence-electron chi connectivity index (χ1n) is 7.62. The molecule has 0 unspecified atom stereocenters. The van der Waals surface area contributed by atoms with Crippen LogP contribution in [-0.2, 0) is 4.79 Å². The Morgan fingerprint density at radius 3 is 2.52 bits per heavy atom. The van der Waals surface area contributed by atoms with Gasteiger partial charge < -0.3 is 20.1 Å². The van der Waals surface area contributed by atoms with Crippen molar-refractivity contribution in [3.63, 3.8) is 0 Å². The molecule has 0 aliphatic carbocycles. The predicted octanol–water partition coefficient (Wildman–Crippen LogP) is 3.53. The monoisotopic (exact) mass is 314 g/mol. The molecule has 0 bridgehead atoms. The molecule has 122 valence electrons. The van der Waals surface area contributed by atoms with Crippen LogP contribution < -0.4 is 20.1 Å². The second-order valence-corrected chi connectivity index (χ2v) is 4.88. The Labute approximate surface area is 136 Å². The average Bonchev–Trinajstić information content (AvgIpc) is 2.57. The molecule has 2 aromatic rings. The maximum absolute atomic E-state index is 12.0. The van der Waals surface area contributed by atoms with Gasteiger partial charge in [-0.05, 0) is 43.3 Å². The average molecular weight is 314 g/mol. The highest BCUT2D eigenvalue weighted by Crippen LogP contribution is 2.23. The third kappa shape index (κ3) is 5.21. The molecule has 0 atom stereocenters. The third-order valence-corrected chi connectivity index (χ3v) is 3.23. The molecule has 0 saturated heterocycles. The summed E-state index contributed by atoms with van der Waals surface area (Å²) in [5.74, 6) is 1.51. The van der Waals surface area contributed by atoms with Crippen molar-refractivity contribution in [2.45, 2.75) is 13.3 Å². The summed E-state index contributed by atoms with van der Waals surface area (Å²) in [6, 6.07) is 15.0. The van der Waals surface area contributed by atoms with Crippen LogP contribution in [0.5, 0.6) is 11.5 Å². The van der Waals surface area contributed by atoms with Gasteiger partial charge in [-0.1, -0.05) is 12.1 Å². The van der Waals surface area contributed by atoms with E-state index in [-0.39, 0.29) is 5.91 Å². The number of carbonyl (C=O) groups excluding carboxylic acids is 1. The van der Waals surface area contributed by atoms with E-state index in [1.54, 1.807) is 7.11 Å². The van der Waals surface area contributed by atoms with Gasteiger partial charge in [0.05, 0.1) is 19.4 Å². The standard InChI is InChI=1S/C18H22N2O3/c1-3-23-17-7-5-4-6-16(17)19-13-12-18(21)20-14-8-10-15(22-2)11-9-14/h4-11,19H,3,12-13H2,1-2H3,(H,20,21). The zero-order chi connectivity index (χ0) is 16.5. The number of methoxy groups -OCH3 is 1. The maximum Gasteiger partial charge on any atom is 0.226 e. The van der Waals surface area contributed by atoms with Crippen molar-refractivity contribution < 1.29 is 14.3 Å². The quantitative estimate of drug-likeness (QED) is 0.782. The number of hydrogen-bond donors (Lipinski definition) is 2. The van der Waals surface area contributed by atoms with Crippen molar-refractivity contribution in [1.29, 1.82) is 0 Å². The van der Waals surface area contributed by atoms with Gasteiger partial charge in [-0.15, -0.1) is 0 Å². The van der Waals surface area contributed by atoms with Gasteiger partial charge in [-0.2, -0.15) is 0 Å². The van der Waals surface area contributed by atoms with Crippen molar-refractivity contribution in [3.05, 3.63) is 48.5 Å². The Hall–Kier alpha value is -2.69. The summed E-state index contributed by atoms with van der Waals surface area (Å²) < 4.78 is 10.6. The minimum Gasteiger partial charge on any atom is -0.497 e. The van der Waals surface area contributed by atoms with E-state index in [0.29, 0.717) is 19.6 Å². The van der Waals surface area contributed by atoms with Crippen LogP contribution in [0, 0.1) is 0 Å². The predicted molar refractivity (Wildman–Crippen MR) is 92.3 cm³/mol. The van der Waals surface area contributed by atoms with Crippen molar-refractivity contribution in [2.75, 3.05) is 30.9 Å². The van der Waals surface area contributed by atoms with Gasteiger partial charge in [0.1, 0.15) is 11.5 Å². The molecule has 2 N–H and O–H groups in total. The number of benzene rings is 2. The van der Waals surface area contributed by atoms with Crippen LogP contribution in [0.25, 0.3) is 0 Å². The molecule has 0 heterocycles. The van der Waals surface area contributed by atoms with Crippen molar-refractivity contribution in [3.8, 4) is 11.5 Å². The van der Waals surface area contributed by atoms with Gasteiger partial charge >= 0.3 is 0 Å². The molecule has 23 heavy (non-hydrogen) atoms. The van der Waals surface area contributed by atoms with Crippen molar-refractivity contribution in [1.82, 2.24) is 0 Å². The number of ether oxygens (including phenoxy) is 2. The SMILES string of the molecule is CCOc1ccccc1NCCC(=O)Nc1ccc(OC)cc1. The summed E-state index contributed by atoms with van der Waals surface area (Å²) in [5, 5.41) is 6.08. The third-order valence-electron chi connectivity index (χ3n) is 3.23. The zero-order valence-electron chi connectivity index (χ0n) is 13.5. The highest BCUT2D eigenvalue weighted by Gasteiger charge is 2.05. The molecule has 0 aliphatic heterocycles. The fraction of sp³-hybridized carbons (Fsp3) is 0.278. The van der Waals surface area contributed by atoms with Crippen LogP contribution in [0.4, 0.5) is 11.4 Å². The number of amides is 1. The summed E-state index contributed by atoms with van der Waals surface area (Å²) >= 11 is 0. The van der Waals surface area contributed by atoms with E-state index < -0.39 is 0 Å². The second-order valence-electron chi connectivity index (χ2n) is 4.88. The number of hydrogen-bond acceptors (Lipinski definition) is 4. The van der Waals surface area contributed by atoms with Gasteiger partial charge in [0.25, 0.3) is 0 Å². The molecule has 5 nitrogen and oxygen atoms in total. The van der Waals surface area contributed by atoms with E-state index in [0.717, 1.165) is 22.9 Å². The summed E-state index contributed by atoms with van der Waals surface area (Å²) in [4.78, 5) is 12.0. The smallest absolute Gasteiger partial charge is 0.226 e. The van der Waals surface area contributed by atoms with Crippen LogP contribution in [0.3, 0.4) is 0 Å². The van der Waals surface area contributed by atoms with Crippen molar-refractivity contribution >= 4 is 17.3 Å². The van der Waals surface area contributed by atoms with E-state index in [2.05, 4.69) is 10.6 Å². The van der Waals surface area contributed by atoms with Gasteiger partial charge in [0.15, 0.2) is 0 Å². The van der Waals surface area contributed by atoms with E-state index in [1.807, 2.05) is 55.5 Å². The molecular formula is C18H22N2O3. The molecule has 0 aliphatic rings. The lowest BCUT2D eigenvalue weighted by Crippen LogP contribution is -2.16. The lowest BCUT2D eigenvalue weighted by atomic mass is 10.2. The van der Waals surface area contributed by atoms with E-state index >= 15 is 0 Å². The Balaban J connectivity index is 1.80. The minimum atomic E-state index is -0.0449. The first-order valence-corrected chi connectivity index (χ1v) is 7.62.